The van der Waals surface area contributed by atoms with Crippen molar-refractivity contribution in [2.24, 2.45) is 4.99 Å². The third-order valence-corrected chi connectivity index (χ3v) is 2.85. The first kappa shape index (κ1) is 17.6. The third kappa shape index (κ3) is 8.42. The highest BCUT2D eigenvalue weighted by Crippen LogP contribution is 2.14. The van der Waals surface area contributed by atoms with Gasteiger partial charge in [0.25, 0.3) is 0 Å². The molecule has 0 aliphatic rings. The second-order valence-corrected chi connectivity index (χ2v) is 4.77. The predicted molar refractivity (Wildman–Crippen MR) is 87.4 cm³/mol. The minimum absolute atomic E-state index is 0.560. The molecule has 0 aliphatic carbocycles. The van der Waals surface area contributed by atoms with E-state index in [2.05, 4.69) is 15.6 Å². The lowest BCUT2D eigenvalue weighted by Crippen LogP contribution is -2.39. The summed E-state index contributed by atoms with van der Waals surface area (Å²) in [7, 11) is 1.70. The van der Waals surface area contributed by atoms with Crippen molar-refractivity contribution in [1.82, 2.24) is 10.6 Å². The van der Waals surface area contributed by atoms with Crippen molar-refractivity contribution in [3.05, 3.63) is 29.3 Å². The summed E-state index contributed by atoms with van der Waals surface area (Å²) in [6.07, 6.45) is 0.911. The van der Waals surface area contributed by atoms with E-state index in [1.807, 2.05) is 31.2 Å². The van der Waals surface area contributed by atoms with Crippen LogP contribution in [-0.2, 0) is 4.74 Å². The van der Waals surface area contributed by atoms with Crippen LogP contribution in [0.25, 0.3) is 0 Å². The average molecular weight is 314 g/mol. The van der Waals surface area contributed by atoms with Gasteiger partial charge in [-0.25, -0.2) is 0 Å². The molecule has 0 heterocycles. The van der Waals surface area contributed by atoms with Crippen LogP contribution in [0.5, 0.6) is 5.75 Å². The summed E-state index contributed by atoms with van der Waals surface area (Å²) in [6.45, 7) is 5.57. The van der Waals surface area contributed by atoms with Crippen LogP contribution >= 0.6 is 11.6 Å². The van der Waals surface area contributed by atoms with Crippen molar-refractivity contribution in [2.45, 2.75) is 13.3 Å². The highest BCUT2D eigenvalue weighted by atomic mass is 35.5. The topological polar surface area (TPSA) is 54.9 Å². The number of methoxy groups -OCH3 is 1. The molecule has 118 valence electrons. The van der Waals surface area contributed by atoms with Gasteiger partial charge in [0.05, 0.1) is 6.54 Å². The van der Waals surface area contributed by atoms with Crippen molar-refractivity contribution in [3.8, 4) is 5.75 Å². The fraction of sp³-hybridized carbons (Fsp3) is 0.533. The number of guanidine groups is 1. The Labute approximate surface area is 131 Å². The summed E-state index contributed by atoms with van der Waals surface area (Å²) >= 11 is 5.82. The Bertz CT molecular complexity index is 410. The van der Waals surface area contributed by atoms with E-state index >= 15 is 0 Å². The smallest absolute Gasteiger partial charge is 0.191 e. The van der Waals surface area contributed by atoms with Gasteiger partial charge in [-0.05, 0) is 37.6 Å². The van der Waals surface area contributed by atoms with E-state index in [0.717, 1.165) is 37.8 Å². The number of nitrogens with zero attached hydrogens (tertiary/aromatic N) is 1. The lowest BCUT2D eigenvalue weighted by molar-refractivity contribution is 0.197. The number of benzene rings is 1. The van der Waals surface area contributed by atoms with E-state index in [4.69, 9.17) is 21.1 Å². The molecule has 0 fully saturated rings. The second-order valence-electron chi connectivity index (χ2n) is 4.34. The fourth-order valence-corrected chi connectivity index (χ4v) is 1.74. The lowest BCUT2D eigenvalue weighted by atomic mass is 10.3. The van der Waals surface area contributed by atoms with Crippen molar-refractivity contribution in [2.75, 3.05) is 40.0 Å². The highest BCUT2D eigenvalue weighted by molar-refractivity contribution is 6.30. The molecule has 0 saturated heterocycles. The molecule has 0 bridgehead atoms. The molecule has 0 amide bonds. The van der Waals surface area contributed by atoms with Gasteiger partial charge in [-0.15, -0.1) is 0 Å². The van der Waals surface area contributed by atoms with Crippen LogP contribution in [-0.4, -0.2) is 45.9 Å². The molecular weight excluding hydrogens is 290 g/mol. The number of nitrogens with one attached hydrogen (secondary N) is 2. The maximum absolute atomic E-state index is 5.82. The van der Waals surface area contributed by atoms with Crippen molar-refractivity contribution in [1.29, 1.82) is 0 Å². The van der Waals surface area contributed by atoms with Crippen LogP contribution in [0.1, 0.15) is 13.3 Å². The van der Waals surface area contributed by atoms with Crippen molar-refractivity contribution >= 4 is 17.6 Å². The summed E-state index contributed by atoms with van der Waals surface area (Å²) in [4.78, 5) is 4.45. The van der Waals surface area contributed by atoms with Crippen LogP contribution in [0, 0.1) is 0 Å². The predicted octanol–water partition coefficient (Wildman–Crippen LogP) is 2.31. The molecule has 5 nitrogen and oxygen atoms in total. The van der Waals surface area contributed by atoms with Gasteiger partial charge >= 0.3 is 0 Å². The molecule has 1 aromatic carbocycles. The first-order valence-corrected chi connectivity index (χ1v) is 7.53. The van der Waals surface area contributed by atoms with Crippen LogP contribution in [0.15, 0.2) is 29.3 Å². The molecule has 0 aromatic heterocycles. The normalized spacial score (nSPS) is 11.3. The van der Waals surface area contributed by atoms with Gasteiger partial charge in [0.2, 0.25) is 0 Å². The minimum Gasteiger partial charge on any atom is -0.492 e. The van der Waals surface area contributed by atoms with E-state index in [9.17, 15) is 0 Å². The molecule has 0 atom stereocenters. The van der Waals surface area contributed by atoms with E-state index in [-0.39, 0.29) is 0 Å². The summed E-state index contributed by atoms with van der Waals surface area (Å²) in [5.41, 5.74) is 0. The Morgan fingerprint density at radius 1 is 1.19 bits per heavy atom. The third-order valence-electron chi connectivity index (χ3n) is 2.60. The summed E-state index contributed by atoms with van der Waals surface area (Å²) in [5.74, 6) is 1.61. The molecule has 0 unspecified atom stereocenters. The van der Waals surface area contributed by atoms with Gasteiger partial charge in [0.15, 0.2) is 5.96 Å². The lowest BCUT2D eigenvalue weighted by Gasteiger charge is -2.12. The zero-order valence-corrected chi connectivity index (χ0v) is 13.4. The van der Waals surface area contributed by atoms with Crippen molar-refractivity contribution < 1.29 is 9.47 Å². The van der Waals surface area contributed by atoms with Crippen LogP contribution < -0.4 is 15.4 Å². The maximum Gasteiger partial charge on any atom is 0.191 e. The summed E-state index contributed by atoms with van der Waals surface area (Å²) < 4.78 is 10.6. The van der Waals surface area contributed by atoms with Crippen LogP contribution in [0.4, 0.5) is 0 Å². The number of aliphatic imine (C=N–C) groups is 1. The van der Waals surface area contributed by atoms with E-state index in [0.29, 0.717) is 18.2 Å². The monoisotopic (exact) mass is 313 g/mol. The summed E-state index contributed by atoms with van der Waals surface area (Å²) in [5, 5.41) is 7.12. The molecule has 0 spiro atoms. The quantitative estimate of drug-likeness (QED) is 0.417. The zero-order valence-electron chi connectivity index (χ0n) is 12.7. The van der Waals surface area contributed by atoms with Gasteiger partial charge in [-0.2, -0.15) is 0 Å². The van der Waals surface area contributed by atoms with Crippen LogP contribution in [0.3, 0.4) is 0 Å². The Kier molecular flexibility index (Phi) is 9.40. The Hall–Kier alpha value is -1.46. The first-order chi connectivity index (χ1) is 10.3. The van der Waals surface area contributed by atoms with Crippen LogP contribution in [0.2, 0.25) is 5.02 Å². The van der Waals surface area contributed by atoms with Gasteiger partial charge in [0.1, 0.15) is 12.4 Å². The molecule has 1 rings (SSSR count). The average Bonchev–Trinajstić information content (AvgIpc) is 2.49. The molecule has 0 radical (unpaired) electrons. The molecule has 6 heteroatoms. The standard InChI is InChI=1S/C15H24ClN3O2/c1-3-17-15(18-9-4-11-20-2)19-10-12-21-14-7-5-13(16)6-8-14/h5-8H,3-4,9-12H2,1-2H3,(H2,17,18,19). The SMILES string of the molecule is CCNC(=NCCCOC)NCCOc1ccc(Cl)cc1. The number of rotatable bonds is 9. The number of hydrogen-bond acceptors (Lipinski definition) is 3. The van der Waals surface area contributed by atoms with Gasteiger partial charge in [-0.3, -0.25) is 4.99 Å². The largest absolute Gasteiger partial charge is 0.492 e. The number of hydrogen-bond donors (Lipinski definition) is 2. The number of ether oxygens (including phenoxy) is 2. The Morgan fingerprint density at radius 2 is 1.95 bits per heavy atom. The Balaban J connectivity index is 2.24. The molecule has 0 aliphatic heterocycles. The number of halogens is 1. The van der Waals surface area contributed by atoms with E-state index < -0.39 is 0 Å². The summed E-state index contributed by atoms with van der Waals surface area (Å²) in [6, 6.07) is 7.33. The van der Waals surface area contributed by atoms with Crippen molar-refractivity contribution in [3.63, 3.8) is 0 Å². The molecule has 1 aromatic rings. The molecule has 2 N–H and O–H groups in total. The molecule has 21 heavy (non-hydrogen) atoms. The second kappa shape index (κ2) is 11.2. The van der Waals surface area contributed by atoms with Gasteiger partial charge in [-0.1, -0.05) is 11.6 Å². The fourth-order valence-electron chi connectivity index (χ4n) is 1.61. The van der Waals surface area contributed by atoms with E-state index in [1.165, 1.54) is 0 Å². The van der Waals surface area contributed by atoms with E-state index in [1.54, 1.807) is 7.11 Å². The molecular formula is C15H24ClN3O2. The van der Waals surface area contributed by atoms with Gasteiger partial charge < -0.3 is 20.1 Å². The maximum atomic E-state index is 5.82. The Morgan fingerprint density at radius 3 is 2.62 bits per heavy atom. The minimum atomic E-state index is 0.560. The zero-order chi connectivity index (χ0) is 15.3. The first-order valence-electron chi connectivity index (χ1n) is 7.15. The molecule has 0 saturated carbocycles. The highest BCUT2D eigenvalue weighted by Gasteiger charge is 1.97. The van der Waals surface area contributed by atoms with Gasteiger partial charge in [0, 0.05) is 31.8 Å².